The maximum atomic E-state index is 12.2. The van der Waals surface area contributed by atoms with Crippen LogP contribution in [0, 0.1) is 20.8 Å². The highest BCUT2D eigenvalue weighted by molar-refractivity contribution is 7.91. The lowest BCUT2D eigenvalue weighted by atomic mass is 10.3. The molecule has 6 nitrogen and oxygen atoms in total. The molecule has 9 heteroatoms. The maximum Gasteiger partial charge on any atom is 0.250 e. The molecule has 24 heavy (non-hydrogen) atoms. The van der Waals surface area contributed by atoms with Gasteiger partial charge in [-0.3, -0.25) is 0 Å². The molecule has 0 amide bonds. The van der Waals surface area contributed by atoms with Gasteiger partial charge < -0.3 is 0 Å². The highest BCUT2D eigenvalue weighted by Crippen LogP contribution is 2.20. The molecule has 0 saturated heterocycles. The summed E-state index contributed by atoms with van der Waals surface area (Å²) in [5.74, 6) is 0. The Morgan fingerprint density at radius 2 is 2.04 bits per heavy atom. The van der Waals surface area contributed by atoms with E-state index in [0.717, 1.165) is 27.1 Å². The van der Waals surface area contributed by atoms with Crippen molar-refractivity contribution in [2.75, 3.05) is 6.54 Å². The Bertz CT molecular complexity index is 953. The maximum absolute atomic E-state index is 12.2. The third kappa shape index (κ3) is 3.75. The van der Waals surface area contributed by atoms with Crippen LogP contribution in [0.25, 0.3) is 5.13 Å². The summed E-state index contributed by atoms with van der Waals surface area (Å²) in [4.78, 5) is 5.51. The molecule has 0 bridgehead atoms. The average Bonchev–Trinajstić information content (AvgIpc) is 3.20. The van der Waals surface area contributed by atoms with E-state index in [1.54, 1.807) is 12.1 Å². The van der Waals surface area contributed by atoms with E-state index >= 15 is 0 Å². The fourth-order valence-electron chi connectivity index (χ4n) is 2.27. The van der Waals surface area contributed by atoms with Crippen molar-refractivity contribution in [3.8, 4) is 5.13 Å². The predicted octanol–water partition coefficient (Wildman–Crippen LogP) is 2.84. The lowest BCUT2D eigenvalue weighted by molar-refractivity contribution is 0.583. The predicted molar refractivity (Wildman–Crippen MR) is 96.7 cm³/mol. The van der Waals surface area contributed by atoms with Crippen molar-refractivity contribution >= 4 is 32.7 Å². The third-order valence-corrected chi connectivity index (χ3v) is 7.20. The second-order valence-corrected chi connectivity index (χ2v) is 9.59. The van der Waals surface area contributed by atoms with Gasteiger partial charge in [-0.05, 0) is 39.0 Å². The fraction of sp³-hybridized carbons (Fsp3) is 0.333. The zero-order valence-electron chi connectivity index (χ0n) is 13.6. The molecule has 0 aromatic carbocycles. The summed E-state index contributed by atoms with van der Waals surface area (Å²) in [6.07, 6.45) is 0.541. The summed E-state index contributed by atoms with van der Waals surface area (Å²) < 4.78 is 29.1. The van der Waals surface area contributed by atoms with Crippen LogP contribution in [0.1, 0.15) is 22.0 Å². The van der Waals surface area contributed by atoms with Crippen molar-refractivity contribution in [2.24, 2.45) is 0 Å². The number of sulfonamides is 1. The summed E-state index contributed by atoms with van der Waals surface area (Å²) >= 11 is 2.77. The molecule has 0 aliphatic heterocycles. The first kappa shape index (κ1) is 17.3. The van der Waals surface area contributed by atoms with Gasteiger partial charge in [0.2, 0.25) is 15.2 Å². The van der Waals surface area contributed by atoms with Crippen molar-refractivity contribution in [1.82, 2.24) is 19.5 Å². The van der Waals surface area contributed by atoms with E-state index in [0.29, 0.717) is 17.2 Å². The fourth-order valence-corrected chi connectivity index (χ4v) is 5.50. The first-order valence-electron chi connectivity index (χ1n) is 7.39. The zero-order valence-corrected chi connectivity index (χ0v) is 16.1. The first-order valence-corrected chi connectivity index (χ1v) is 10.6. The van der Waals surface area contributed by atoms with E-state index in [9.17, 15) is 8.42 Å². The number of thiophene rings is 1. The number of aryl methyl sites for hydroxylation is 3. The van der Waals surface area contributed by atoms with Gasteiger partial charge in [0.1, 0.15) is 4.21 Å². The Hall–Kier alpha value is -1.55. The van der Waals surface area contributed by atoms with Gasteiger partial charge in [0, 0.05) is 28.9 Å². The Morgan fingerprint density at radius 1 is 1.25 bits per heavy atom. The minimum Gasteiger partial charge on any atom is -0.223 e. The smallest absolute Gasteiger partial charge is 0.223 e. The number of nitrogens with one attached hydrogen (secondary N) is 1. The molecular weight excluding hydrogens is 364 g/mol. The van der Waals surface area contributed by atoms with Crippen molar-refractivity contribution < 1.29 is 8.42 Å². The summed E-state index contributed by atoms with van der Waals surface area (Å²) in [5, 5.41) is 7.15. The van der Waals surface area contributed by atoms with Crippen molar-refractivity contribution in [3.05, 3.63) is 45.5 Å². The number of aromatic nitrogens is 3. The highest BCUT2D eigenvalue weighted by atomic mass is 32.2. The monoisotopic (exact) mass is 382 g/mol. The van der Waals surface area contributed by atoms with Gasteiger partial charge in [0.05, 0.1) is 11.4 Å². The van der Waals surface area contributed by atoms with E-state index in [-0.39, 0.29) is 0 Å². The van der Waals surface area contributed by atoms with Gasteiger partial charge in [-0.15, -0.1) is 22.7 Å². The molecule has 1 N–H and O–H groups in total. The van der Waals surface area contributed by atoms with Gasteiger partial charge in [0.25, 0.3) is 0 Å². The van der Waals surface area contributed by atoms with Crippen molar-refractivity contribution in [1.29, 1.82) is 0 Å². The first-order chi connectivity index (χ1) is 11.3. The van der Waals surface area contributed by atoms with Crippen LogP contribution in [0.5, 0.6) is 0 Å². The molecule has 0 atom stereocenters. The quantitative estimate of drug-likeness (QED) is 0.711. The van der Waals surface area contributed by atoms with Gasteiger partial charge in [-0.25, -0.2) is 22.8 Å². The molecule has 3 aromatic rings. The van der Waals surface area contributed by atoms with Crippen LogP contribution in [0.15, 0.2) is 27.8 Å². The van der Waals surface area contributed by atoms with Gasteiger partial charge >= 0.3 is 0 Å². The standard InChI is InChI=1S/C15H18N4O2S3/c1-10-8-11(2)19(18-10)15-17-13(9-22-15)6-7-16-24(20,21)14-5-4-12(3)23-14/h4-5,8-9,16H,6-7H2,1-3H3. The molecule has 0 spiro atoms. The lowest BCUT2D eigenvalue weighted by Crippen LogP contribution is -2.25. The Labute approximate surface area is 149 Å². The van der Waals surface area contributed by atoms with E-state index in [1.807, 2.05) is 36.9 Å². The Morgan fingerprint density at radius 3 is 2.67 bits per heavy atom. The van der Waals surface area contributed by atoms with E-state index in [1.165, 1.54) is 22.7 Å². The van der Waals surface area contributed by atoms with Crippen LogP contribution in [0.2, 0.25) is 0 Å². The summed E-state index contributed by atoms with van der Waals surface area (Å²) in [6, 6.07) is 5.44. The van der Waals surface area contributed by atoms with Crippen molar-refractivity contribution in [3.63, 3.8) is 0 Å². The summed E-state index contributed by atoms with van der Waals surface area (Å²) in [7, 11) is -3.43. The molecule has 0 unspecified atom stereocenters. The number of hydrogen-bond donors (Lipinski definition) is 1. The molecule has 3 rings (SSSR count). The number of thiazole rings is 1. The van der Waals surface area contributed by atoms with Crippen LogP contribution in [0.4, 0.5) is 0 Å². The summed E-state index contributed by atoms with van der Waals surface area (Å²) in [5.41, 5.74) is 2.83. The molecule has 3 aromatic heterocycles. The summed E-state index contributed by atoms with van der Waals surface area (Å²) in [6.45, 7) is 6.14. The molecule has 0 radical (unpaired) electrons. The van der Waals surface area contributed by atoms with Crippen LogP contribution in [-0.2, 0) is 16.4 Å². The number of rotatable bonds is 6. The second kappa shape index (κ2) is 6.75. The van der Waals surface area contributed by atoms with Crippen LogP contribution in [-0.4, -0.2) is 29.7 Å². The zero-order chi connectivity index (χ0) is 17.3. The Balaban J connectivity index is 1.63. The molecule has 128 valence electrons. The minimum atomic E-state index is -3.43. The van der Waals surface area contributed by atoms with Crippen LogP contribution in [0.3, 0.4) is 0 Å². The highest BCUT2D eigenvalue weighted by Gasteiger charge is 2.16. The lowest BCUT2D eigenvalue weighted by Gasteiger charge is -2.03. The largest absolute Gasteiger partial charge is 0.250 e. The second-order valence-electron chi connectivity index (χ2n) is 5.47. The van der Waals surface area contributed by atoms with E-state index in [4.69, 9.17) is 0 Å². The van der Waals surface area contributed by atoms with Gasteiger partial charge in [-0.1, -0.05) is 0 Å². The molecule has 0 fully saturated rings. The number of nitrogens with zero attached hydrogens (tertiary/aromatic N) is 3. The SMILES string of the molecule is Cc1cc(C)n(-c2nc(CCNS(=O)(=O)c3ccc(C)s3)cs2)n1. The molecule has 0 saturated carbocycles. The molecule has 3 heterocycles. The van der Waals surface area contributed by atoms with Gasteiger partial charge in [0.15, 0.2) is 0 Å². The average molecular weight is 383 g/mol. The molecule has 0 aliphatic carbocycles. The van der Waals surface area contributed by atoms with E-state index in [2.05, 4.69) is 14.8 Å². The van der Waals surface area contributed by atoms with Crippen LogP contribution >= 0.6 is 22.7 Å². The molecular formula is C15H18N4O2S3. The van der Waals surface area contributed by atoms with Crippen LogP contribution < -0.4 is 4.72 Å². The topological polar surface area (TPSA) is 76.9 Å². The van der Waals surface area contributed by atoms with E-state index < -0.39 is 10.0 Å². The third-order valence-electron chi connectivity index (χ3n) is 3.38. The normalized spacial score (nSPS) is 12.0. The molecule has 0 aliphatic rings. The van der Waals surface area contributed by atoms with Crippen molar-refractivity contribution in [2.45, 2.75) is 31.4 Å². The minimum absolute atomic E-state index is 0.319. The van der Waals surface area contributed by atoms with Gasteiger partial charge in [-0.2, -0.15) is 5.10 Å². The number of hydrogen-bond acceptors (Lipinski definition) is 6. The Kier molecular flexibility index (Phi) is 4.86.